The summed E-state index contributed by atoms with van der Waals surface area (Å²) >= 11 is 14.6. The van der Waals surface area contributed by atoms with Crippen LogP contribution in [0.25, 0.3) is 10.1 Å². The quantitative estimate of drug-likeness (QED) is 0.292. The zero-order chi connectivity index (χ0) is 29.1. The molecule has 1 saturated carbocycles. The summed E-state index contributed by atoms with van der Waals surface area (Å²) in [6, 6.07) is 10.7. The summed E-state index contributed by atoms with van der Waals surface area (Å²) in [6.07, 6.45) is 3.20. The van der Waals surface area contributed by atoms with E-state index < -0.39 is 5.97 Å². The van der Waals surface area contributed by atoms with E-state index in [-0.39, 0.29) is 47.4 Å². The van der Waals surface area contributed by atoms with E-state index in [1.807, 2.05) is 29.6 Å². The number of rotatable bonds is 9. The monoisotopic (exact) mass is 618 g/mol. The number of amides is 2. The molecule has 0 radical (unpaired) electrons. The molecule has 1 saturated heterocycles. The molecular formula is C30H32Cl2N2O6S. The Labute approximate surface area is 252 Å². The molecule has 3 aromatic rings. The van der Waals surface area contributed by atoms with Gasteiger partial charge in [0, 0.05) is 34.1 Å². The lowest BCUT2D eigenvalue weighted by atomic mass is 9.87. The molecule has 2 aliphatic rings. The van der Waals surface area contributed by atoms with E-state index in [1.165, 1.54) is 11.3 Å². The van der Waals surface area contributed by atoms with E-state index in [4.69, 9.17) is 32.7 Å². The first-order valence-electron chi connectivity index (χ1n) is 13.7. The minimum atomic E-state index is -0.746. The van der Waals surface area contributed by atoms with Crippen molar-refractivity contribution in [1.29, 1.82) is 0 Å². The lowest BCUT2D eigenvalue weighted by molar-refractivity contribution is -0.144. The molecule has 2 aromatic carbocycles. The van der Waals surface area contributed by atoms with Gasteiger partial charge in [-0.05, 0) is 55.9 Å². The molecule has 218 valence electrons. The Kier molecular flexibility index (Phi) is 9.51. The fraction of sp³-hybridized carbons (Fsp3) is 0.433. The van der Waals surface area contributed by atoms with E-state index in [9.17, 15) is 19.5 Å². The summed E-state index contributed by atoms with van der Waals surface area (Å²) in [5.74, 6) is -1.45. The molecule has 0 bridgehead atoms. The van der Waals surface area contributed by atoms with Crippen LogP contribution in [0.1, 0.15) is 48.0 Å². The Hall–Kier alpha value is -2.69. The van der Waals surface area contributed by atoms with Gasteiger partial charge in [-0.2, -0.15) is 0 Å². The van der Waals surface area contributed by atoms with Gasteiger partial charge < -0.3 is 24.8 Å². The summed E-state index contributed by atoms with van der Waals surface area (Å²) in [7, 11) is 1.63. The third-order valence-electron chi connectivity index (χ3n) is 8.03. The van der Waals surface area contributed by atoms with Gasteiger partial charge in [0.05, 0.1) is 53.5 Å². The number of nitrogens with one attached hydrogen (secondary N) is 1. The lowest BCUT2D eigenvalue weighted by Gasteiger charge is -2.30. The van der Waals surface area contributed by atoms with Crippen LogP contribution in [0.2, 0.25) is 10.0 Å². The molecule has 0 spiro atoms. The van der Waals surface area contributed by atoms with Crippen molar-refractivity contribution in [2.45, 2.75) is 56.8 Å². The molecule has 8 nitrogen and oxygen atoms in total. The van der Waals surface area contributed by atoms with E-state index in [0.29, 0.717) is 67.1 Å². The van der Waals surface area contributed by atoms with Crippen LogP contribution in [-0.4, -0.2) is 66.3 Å². The van der Waals surface area contributed by atoms with E-state index in [1.54, 1.807) is 24.1 Å². The Morgan fingerprint density at radius 1 is 1.07 bits per heavy atom. The third-order valence-corrected chi connectivity index (χ3v) is 9.66. The maximum atomic E-state index is 13.4. The molecule has 2 fully saturated rings. The number of anilines is 1. The molecule has 2 N–H and O–H groups in total. The minimum absolute atomic E-state index is 0.00720. The van der Waals surface area contributed by atoms with Crippen LogP contribution >= 0.6 is 34.5 Å². The van der Waals surface area contributed by atoms with Crippen LogP contribution in [0, 0.1) is 5.92 Å². The van der Waals surface area contributed by atoms with Gasteiger partial charge in [-0.1, -0.05) is 41.4 Å². The largest absolute Gasteiger partial charge is 0.481 e. The van der Waals surface area contributed by atoms with Crippen LogP contribution < -0.4 is 5.32 Å². The predicted molar refractivity (Wildman–Crippen MR) is 160 cm³/mol. The fourth-order valence-corrected chi connectivity index (χ4v) is 7.06. The number of methoxy groups -OCH3 is 1. The second kappa shape index (κ2) is 13.1. The van der Waals surface area contributed by atoms with E-state index in [0.717, 1.165) is 10.1 Å². The van der Waals surface area contributed by atoms with Crippen LogP contribution in [0.3, 0.4) is 0 Å². The number of halogens is 2. The number of hydrogen-bond donors (Lipinski definition) is 2. The van der Waals surface area contributed by atoms with Gasteiger partial charge in [-0.3, -0.25) is 14.4 Å². The molecule has 2 atom stereocenters. The number of carbonyl (C=O) groups is 3. The number of aliphatic carboxylic acids is 1. The van der Waals surface area contributed by atoms with Crippen molar-refractivity contribution < 1.29 is 29.0 Å². The summed E-state index contributed by atoms with van der Waals surface area (Å²) in [6.45, 7) is 0.813. The first-order chi connectivity index (χ1) is 19.7. The average molecular weight is 620 g/mol. The first-order valence-corrected chi connectivity index (χ1v) is 15.3. The highest BCUT2D eigenvalue weighted by Crippen LogP contribution is 2.33. The fourth-order valence-electron chi connectivity index (χ4n) is 5.66. The van der Waals surface area contributed by atoms with Crippen molar-refractivity contribution in [3.05, 3.63) is 63.0 Å². The van der Waals surface area contributed by atoms with Gasteiger partial charge in [0.1, 0.15) is 0 Å². The number of ether oxygens (including phenoxy) is 2. The number of carboxylic acids is 1. The zero-order valence-corrected chi connectivity index (χ0v) is 24.9. The molecule has 11 heteroatoms. The molecule has 1 aromatic heterocycles. The van der Waals surface area contributed by atoms with Crippen LogP contribution in [-0.2, 0) is 25.5 Å². The first kappa shape index (κ1) is 29.8. The zero-order valence-electron chi connectivity index (χ0n) is 22.6. The van der Waals surface area contributed by atoms with Crippen molar-refractivity contribution in [3.8, 4) is 0 Å². The molecule has 2 heterocycles. The Bertz CT molecular complexity index is 1440. The summed E-state index contributed by atoms with van der Waals surface area (Å²) in [5.41, 5.74) is 1.49. The topological polar surface area (TPSA) is 105 Å². The molecule has 5 rings (SSSR count). The van der Waals surface area contributed by atoms with Gasteiger partial charge in [-0.15, -0.1) is 11.3 Å². The highest BCUT2D eigenvalue weighted by molar-refractivity contribution is 7.17. The molecule has 41 heavy (non-hydrogen) atoms. The standard InChI is InChI=1S/C30H32Cl2N2O6S/c1-39-21-12-19(15-40-20-8-6-17(7-9-20)30(37)38)34(14-21)28(35)11-18-10-25(32)26(13-24(18)31)33-29(36)23-16-41-27-5-3-2-4-22(23)27/h2-5,10,13,16-17,19-21H,6-9,11-12,14-15H2,1H3,(H,33,36)(H,37,38)/t17?,19-,20?,21-/m0/s1. The Morgan fingerprint density at radius 2 is 1.83 bits per heavy atom. The molecule has 0 unspecified atom stereocenters. The molecular weight excluding hydrogens is 587 g/mol. The van der Waals surface area contributed by atoms with Gasteiger partial charge >= 0.3 is 5.97 Å². The van der Waals surface area contributed by atoms with E-state index >= 15 is 0 Å². The SMILES string of the molecule is CO[C@H]1C[C@@H](COC2CCC(C(=O)O)CC2)N(C(=O)Cc2cc(Cl)c(NC(=O)c3csc4ccccc34)cc2Cl)C1. The van der Waals surface area contributed by atoms with Crippen LogP contribution in [0.4, 0.5) is 5.69 Å². The van der Waals surface area contributed by atoms with E-state index in [2.05, 4.69) is 5.32 Å². The summed E-state index contributed by atoms with van der Waals surface area (Å²) < 4.78 is 12.7. The summed E-state index contributed by atoms with van der Waals surface area (Å²) in [5, 5.41) is 15.4. The van der Waals surface area contributed by atoms with Crippen LogP contribution in [0.5, 0.6) is 0 Å². The number of carbonyl (C=O) groups excluding carboxylic acids is 2. The highest BCUT2D eigenvalue weighted by atomic mass is 35.5. The second-order valence-corrected chi connectivity index (χ2v) is 12.4. The Balaban J connectivity index is 1.22. The predicted octanol–water partition coefficient (Wildman–Crippen LogP) is 6.28. The van der Waals surface area contributed by atoms with Crippen molar-refractivity contribution in [2.75, 3.05) is 25.6 Å². The van der Waals surface area contributed by atoms with Gasteiger partial charge in [0.15, 0.2) is 0 Å². The maximum Gasteiger partial charge on any atom is 0.306 e. The summed E-state index contributed by atoms with van der Waals surface area (Å²) in [4.78, 5) is 39.4. The number of likely N-dealkylation sites (tertiary alicyclic amines) is 1. The van der Waals surface area contributed by atoms with Crippen LogP contribution in [0.15, 0.2) is 41.8 Å². The maximum absolute atomic E-state index is 13.4. The average Bonchev–Trinajstić information content (AvgIpc) is 3.59. The number of thiophene rings is 1. The van der Waals surface area contributed by atoms with Crippen molar-refractivity contribution in [2.24, 2.45) is 5.92 Å². The molecule has 1 aliphatic heterocycles. The Morgan fingerprint density at radius 3 is 2.56 bits per heavy atom. The number of fused-ring (bicyclic) bond motifs is 1. The second-order valence-electron chi connectivity index (χ2n) is 10.6. The highest BCUT2D eigenvalue weighted by Gasteiger charge is 2.36. The normalized spacial score (nSPS) is 22.7. The number of nitrogens with zero attached hydrogens (tertiary/aromatic N) is 1. The molecule has 2 amide bonds. The minimum Gasteiger partial charge on any atom is -0.481 e. The van der Waals surface area contributed by atoms with Gasteiger partial charge in [-0.25, -0.2) is 0 Å². The number of carboxylic acid groups (broad SMARTS) is 1. The number of hydrogen-bond acceptors (Lipinski definition) is 6. The number of benzene rings is 2. The van der Waals surface area contributed by atoms with Crippen molar-refractivity contribution in [1.82, 2.24) is 4.90 Å². The smallest absolute Gasteiger partial charge is 0.306 e. The van der Waals surface area contributed by atoms with Crippen molar-refractivity contribution >= 4 is 68.1 Å². The van der Waals surface area contributed by atoms with Gasteiger partial charge in [0.2, 0.25) is 5.91 Å². The third kappa shape index (κ3) is 6.87. The molecule has 1 aliphatic carbocycles. The van der Waals surface area contributed by atoms with Gasteiger partial charge in [0.25, 0.3) is 5.91 Å². The lowest BCUT2D eigenvalue weighted by Crippen LogP contribution is -2.40. The van der Waals surface area contributed by atoms with Crippen molar-refractivity contribution in [3.63, 3.8) is 0 Å².